The molecule has 3 aromatic rings. The van der Waals surface area contributed by atoms with Crippen LogP contribution in [0.25, 0.3) is 22.3 Å². The van der Waals surface area contributed by atoms with Crippen LogP contribution < -0.4 is 10.3 Å². The van der Waals surface area contributed by atoms with E-state index < -0.39 is 22.9 Å². The molecule has 3 heterocycles. The Bertz CT molecular complexity index is 1280. The second-order valence-corrected chi connectivity index (χ2v) is 7.68. The molecule has 0 radical (unpaired) electrons. The number of hydrogen-bond acceptors (Lipinski definition) is 6. The predicted molar refractivity (Wildman–Crippen MR) is 112 cm³/mol. The molecule has 0 saturated carbocycles. The number of nitrogens with zero attached hydrogens (tertiary/aromatic N) is 1. The first-order valence-corrected chi connectivity index (χ1v) is 10.1. The van der Waals surface area contributed by atoms with Crippen LogP contribution in [0, 0.1) is 5.82 Å². The van der Waals surface area contributed by atoms with Crippen molar-refractivity contribution in [3.05, 3.63) is 56.6 Å². The number of benzene rings is 1. The number of aliphatic hydroxyl groups is 1. The van der Waals surface area contributed by atoms with E-state index in [1.165, 1.54) is 20.1 Å². The Balaban J connectivity index is 2.05. The lowest BCUT2D eigenvalue weighted by Gasteiger charge is -2.29. The van der Waals surface area contributed by atoms with Gasteiger partial charge in [0, 0.05) is 17.0 Å². The summed E-state index contributed by atoms with van der Waals surface area (Å²) in [5.41, 5.74) is 1.06. The highest BCUT2D eigenvalue weighted by molar-refractivity contribution is 5.89. The van der Waals surface area contributed by atoms with E-state index in [2.05, 4.69) is 9.97 Å². The molecule has 2 aromatic heterocycles. The van der Waals surface area contributed by atoms with Crippen LogP contribution in [-0.2, 0) is 34.6 Å². The van der Waals surface area contributed by atoms with Gasteiger partial charge in [-0.2, -0.15) is 0 Å². The fourth-order valence-corrected chi connectivity index (χ4v) is 4.22. The number of cyclic esters (lactones) is 1. The summed E-state index contributed by atoms with van der Waals surface area (Å²) >= 11 is 0. The molecule has 1 aromatic carbocycles. The number of esters is 1. The van der Waals surface area contributed by atoms with E-state index in [-0.39, 0.29) is 23.5 Å². The Labute approximate surface area is 177 Å². The Hall–Kier alpha value is -3.26. The number of hydrogen-bond donors (Lipinski definition) is 2. The molecule has 8 heteroatoms. The summed E-state index contributed by atoms with van der Waals surface area (Å²) < 4.78 is 24.5. The van der Waals surface area contributed by atoms with Gasteiger partial charge in [0.25, 0.3) is 5.56 Å². The third-order valence-corrected chi connectivity index (χ3v) is 5.85. The van der Waals surface area contributed by atoms with Crippen LogP contribution >= 0.6 is 0 Å². The molecule has 0 bridgehead atoms. The third-order valence-electron chi connectivity index (χ3n) is 5.85. The van der Waals surface area contributed by atoms with E-state index in [1.807, 2.05) is 13.8 Å². The zero-order valence-electron chi connectivity index (χ0n) is 17.8. The molecule has 0 spiro atoms. The summed E-state index contributed by atoms with van der Waals surface area (Å²) in [5.74, 6) is -1.22. The number of carbonyl (C=O) groups is 1. The van der Waals surface area contributed by atoms with Gasteiger partial charge in [-0.15, -0.1) is 0 Å². The topological polar surface area (TPSA) is 102 Å². The van der Waals surface area contributed by atoms with Gasteiger partial charge >= 0.3 is 5.97 Å². The molecule has 0 saturated heterocycles. The zero-order chi connectivity index (χ0) is 22.5. The van der Waals surface area contributed by atoms with Crippen molar-refractivity contribution in [1.82, 2.24) is 9.97 Å². The van der Waals surface area contributed by atoms with E-state index in [0.717, 1.165) is 16.5 Å². The molecule has 0 fully saturated rings. The highest BCUT2D eigenvalue weighted by atomic mass is 19.1. The monoisotopic (exact) mass is 426 g/mol. The van der Waals surface area contributed by atoms with E-state index >= 15 is 0 Å². The first kappa shape index (κ1) is 21.0. The van der Waals surface area contributed by atoms with Gasteiger partial charge in [0.15, 0.2) is 17.2 Å². The van der Waals surface area contributed by atoms with Crippen molar-refractivity contribution in [2.45, 2.75) is 45.8 Å². The smallest absolute Gasteiger partial charge is 0.342 e. The molecular weight excluding hydrogens is 403 g/mol. The zero-order valence-corrected chi connectivity index (χ0v) is 17.8. The number of methoxy groups -OCH3 is 1. The van der Waals surface area contributed by atoms with Crippen LogP contribution in [0.1, 0.15) is 43.0 Å². The molecule has 1 atom stereocenters. The largest absolute Gasteiger partial charge is 0.494 e. The maximum absolute atomic E-state index is 14.4. The van der Waals surface area contributed by atoms with Crippen molar-refractivity contribution < 1.29 is 23.8 Å². The van der Waals surface area contributed by atoms with Crippen molar-refractivity contribution in [2.24, 2.45) is 0 Å². The number of aryl methyl sites for hydroxylation is 1. The van der Waals surface area contributed by atoms with Crippen molar-refractivity contribution in [1.29, 1.82) is 0 Å². The van der Waals surface area contributed by atoms with Crippen LogP contribution in [0.15, 0.2) is 23.0 Å². The minimum absolute atomic E-state index is 0.135. The summed E-state index contributed by atoms with van der Waals surface area (Å²) in [6, 6.07) is 4.50. The maximum atomic E-state index is 14.4. The van der Waals surface area contributed by atoms with Gasteiger partial charge in [-0.1, -0.05) is 13.8 Å². The van der Waals surface area contributed by atoms with E-state index in [4.69, 9.17) is 9.47 Å². The van der Waals surface area contributed by atoms with Gasteiger partial charge < -0.3 is 19.6 Å². The number of fused-ring (bicyclic) bond motifs is 2. The van der Waals surface area contributed by atoms with Crippen LogP contribution in [-0.4, -0.2) is 28.2 Å². The van der Waals surface area contributed by atoms with Gasteiger partial charge in [0.2, 0.25) is 0 Å². The average molecular weight is 426 g/mol. The quantitative estimate of drug-likeness (QED) is 0.622. The average Bonchev–Trinajstić information content (AvgIpc) is 2.74. The van der Waals surface area contributed by atoms with Crippen LogP contribution in [0.4, 0.5) is 4.39 Å². The van der Waals surface area contributed by atoms with Crippen molar-refractivity contribution >= 4 is 16.9 Å². The molecule has 7 nitrogen and oxygen atoms in total. The number of pyridine rings is 2. The number of carbonyl (C=O) groups excluding carboxylic acids is 1. The molecule has 0 aliphatic carbocycles. The molecule has 31 heavy (non-hydrogen) atoms. The fraction of sp³-hybridized carbons (Fsp3) is 0.348. The van der Waals surface area contributed by atoms with Gasteiger partial charge in [-0.05, 0) is 43.0 Å². The van der Waals surface area contributed by atoms with E-state index in [0.29, 0.717) is 29.7 Å². The fourth-order valence-electron chi connectivity index (χ4n) is 4.22. The first-order chi connectivity index (χ1) is 14.7. The number of aromatic nitrogens is 2. The van der Waals surface area contributed by atoms with Crippen molar-refractivity contribution in [3.63, 3.8) is 0 Å². The van der Waals surface area contributed by atoms with Crippen LogP contribution in [0.5, 0.6) is 5.75 Å². The second kappa shape index (κ2) is 7.46. The van der Waals surface area contributed by atoms with Gasteiger partial charge in [0.05, 0.1) is 29.6 Å². The molecule has 1 unspecified atom stereocenters. The minimum atomic E-state index is -1.95. The number of aromatic amines is 1. The summed E-state index contributed by atoms with van der Waals surface area (Å²) in [7, 11) is 1.41. The predicted octanol–water partition coefficient (Wildman–Crippen LogP) is 3.13. The molecule has 1 aliphatic heterocycles. The Morgan fingerprint density at radius 2 is 1.94 bits per heavy atom. The number of ether oxygens (including phenoxy) is 2. The lowest BCUT2D eigenvalue weighted by molar-refractivity contribution is -0.169. The van der Waals surface area contributed by atoms with Crippen LogP contribution in [0.2, 0.25) is 0 Å². The number of rotatable bonds is 4. The van der Waals surface area contributed by atoms with Crippen molar-refractivity contribution in [2.75, 3.05) is 7.11 Å². The third kappa shape index (κ3) is 3.18. The normalized spacial score (nSPS) is 18.1. The van der Waals surface area contributed by atoms with Gasteiger partial charge in [-0.25, -0.2) is 14.2 Å². The minimum Gasteiger partial charge on any atom is -0.494 e. The van der Waals surface area contributed by atoms with E-state index in [1.54, 1.807) is 12.1 Å². The Kier molecular flexibility index (Phi) is 5.05. The standard InChI is InChI=1S/C23H23FN2O5/c1-5-11-12(6-2)20(25-17-9-16(24)19(30-4)7-13(11)17)18-8-15-14(21(27)26-18)10-31-22(28)23(15,3)29/h7-9,29H,5-6,10H2,1-4H3,(H,26,27). The number of nitrogens with one attached hydrogen (secondary N) is 1. The lowest BCUT2D eigenvalue weighted by atomic mass is 9.88. The highest BCUT2D eigenvalue weighted by Crippen LogP contribution is 2.36. The number of H-pyrrole nitrogens is 1. The molecule has 0 amide bonds. The lowest BCUT2D eigenvalue weighted by Crippen LogP contribution is -2.41. The Morgan fingerprint density at radius 1 is 1.23 bits per heavy atom. The van der Waals surface area contributed by atoms with Crippen LogP contribution in [0.3, 0.4) is 0 Å². The second-order valence-electron chi connectivity index (χ2n) is 7.68. The highest BCUT2D eigenvalue weighted by Gasteiger charge is 2.41. The number of halogens is 1. The molecule has 162 valence electrons. The summed E-state index contributed by atoms with van der Waals surface area (Å²) in [6.45, 7) is 5.04. The summed E-state index contributed by atoms with van der Waals surface area (Å²) in [4.78, 5) is 32.3. The molecule has 2 N–H and O–H groups in total. The summed E-state index contributed by atoms with van der Waals surface area (Å²) in [6.07, 6.45) is 1.27. The van der Waals surface area contributed by atoms with Gasteiger partial charge in [-0.3, -0.25) is 4.79 Å². The summed E-state index contributed by atoms with van der Waals surface area (Å²) in [5, 5.41) is 11.4. The maximum Gasteiger partial charge on any atom is 0.342 e. The van der Waals surface area contributed by atoms with Crippen molar-refractivity contribution in [3.8, 4) is 17.1 Å². The molecular formula is C23H23FN2O5. The van der Waals surface area contributed by atoms with E-state index in [9.17, 15) is 19.1 Å². The van der Waals surface area contributed by atoms with Gasteiger partial charge in [0.1, 0.15) is 6.61 Å². The first-order valence-electron chi connectivity index (χ1n) is 10.1. The SMILES string of the molecule is CCc1c(-c2cc3c(c(=O)[nH]2)COC(=O)C3(C)O)nc2cc(F)c(OC)cc2c1CC. The molecule has 1 aliphatic rings. The molecule has 4 rings (SSSR count). The Morgan fingerprint density at radius 3 is 2.58 bits per heavy atom.